The van der Waals surface area contributed by atoms with Gasteiger partial charge in [-0.25, -0.2) is 4.57 Å². The Morgan fingerprint density at radius 3 is 2.65 bits per heavy atom. The van der Waals surface area contributed by atoms with Crippen LogP contribution in [0.3, 0.4) is 0 Å². The Balaban J connectivity index is 1.32. The molecule has 5 rings (SSSR count). The van der Waals surface area contributed by atoms with Gasteiger partial charge in [0.1, 0.15) is 11.9 Å². The zero-order chi connectivity index (χ0) is 25.6. The van der Waals surface area contributed by atoms with Crippen LogP contribution in [-0.4, -0.2) is 29.4 Å². The summed E-state index contributed by atoms with van der Waals surface area (Å²) in [6, 6.07) is 21.1. The number of nitrogens with zero attached hydrogens (tertiary/aromatic N) is 3. The van der Waals surface area contributed by atoms with E-state index in [1.165, 1.54) is 0 Å². The molecule has 2 aromatic carbocycles. The van der Waals surface area contributed by atoms with Gasteiger partial charge in [0.05, 0.1) is 17.8 Å². The largest absolute Gasteiger partial charge is 0.481 e. The highest BCUT2D eigenvalue weighted by atomic mass is 16.5. The summed E-state index contributed by atoms with van der Waals surface area (Å²) in [4.78, 5) is 31.8. The molecular weight excluding hydrogens is 464 g/mol. The van der Waals surface area contributed by atoms with Gasteiger partial charge >= 0.3 is 5.82 Å². The van der Waals surface area contributed by atoms with Gasteiger partial charge in [0.2, 0.25) is 5.91 Å². The molecule has 0 aliphatic carbocycles. The smallest absolute Gasteiger partial charge is 0.335 e. The average molecular weight is 496 g/mol. The lowest BCUT2D eigenvalue weighted by molar-refractivity contribution is -0.598. The Bertz CT molecular complexity index is 1390. The standard InChI is InChI=1S/C30H30N4O3/c1-2-8-27(30(36)32-23-11-13-24(14-12-23)34-20-7-4-9-28(34)35)37-25-15-10-22-16-17-31-29(26(22)21-25)33-18-5-3-6-19-33/h3,5-6,10-19,21,27H,2,4,7-9,20H2,1H3/p+1. The monoisotopic (exact) mass is 495 g/mol. The summed E-state index contributed by atoms with van der Waals surface area (Å²) in [7, 11) is 0. The highest BCUT2D eigenvalue weighted by Gasteiger charge is 2.22. The Labute approximate surface area is 216 Å². The molecule has 1 N–H and O–H groups in total. The molecule has 0 saturated carbocycles. The Morgan fingerprint density at radius 1 is 1.08 bits per heavy atom. The van der Waals surface area contributed by atoms with E-state index in [1.807, 2.05) is 95.5 Å². The number of pyridine rings is 2. The number of rotatable bonds is 8. The van der Waals surface area contributed by atoms with Crippen LogP contribution in [0.5, 0.6) is 5.75 Å². The van der Waals surface area contributed by atoms with Crippen molar-refractivity contribution in [2.24, 2.45) is 0 Å². The summed E-state index contributed by atoms with van der Waals surface area (Å²) in [5.41, 5.74) is 1.54. The van der Waals surface area contributed by atoms with Crippen LogP contribution in [0, 0.1) is 0 Å². The second-order valence-electron chi connectivity index (χ2n) is 9.23. The molecule has 188 valence electrons. The van der Waals surface area contributed by atoms with Crippen LogP contribution in [-0.2, 0) is 9.59 Å². The first-order chi connectivity index (χ1) is 18.1. The summed E-state index contributed by atoms with van der Waals surface area (Å²) < 4.78 is 8.18. The number of carbonyl (C=O) groups is 2. The highest BCUT2D eigenvalue weighted by molar-refractivity contribution is 5.96. The van der Waals surface area contributed by atoms with Gasteiger partial charge in [0.15, 0.2) is 6.10 Å². The number of fused-ring (bicyclic) bond motifs is 1. The normalized spacial score (nSPS) is 14.4. The van der Waals surface area contributed by atoms with E-state index in [0.29, 0.717) is 24.3 Å². The van der Waals surface area contributed by atoms with E-state index in [4.69, 9.17) is 4.74 Å². The number of hydrogen-bond donors (Lipinski definition) is 1. The van der Waals surface area contributed by atoms with Crippen LogP contribution >= 0.6 is 0 Å². The summed E-state index contributed by atoms with van der Waals surface area (Å²) in [6.45, 7) is 2.77. The molecule has 1 saturated heterocycles. The summed E-state index contributed by atoms with van der Waals surface area (Å²) >= 11 is 0. The maximum Gasteiger partial charge on any atom is 0.335 e. The minimum atomic E-state index is -0.643. The first-order valence-electron chi connectivity index (χ1n) is 12.9. The molecule has 1 unspecified atom stereocenters. The molecule has 3 heterocycles. The van der Waals surface area contributed by atoms with Gasteiger partial charge in [-0.05, 0) is 84.2 Å². The second-order valence-corrected chi connectivity index (χ2v) is 9.23. The van der Waals surface area contributed by atoms with Crippen LogP contribution < -0.4 is 19.5 Å². The quantitative estimate of drug-likeness (QED) is 0.340. The number of benzene rings is 2. The third-order valence-electron chi connectivity index (χ3n) is 6.57. The molecule has 0 radical (unpaired) electrons. The van der Waals surface area contributed by atoms with Gasteiger partial charge in [-0.2, -0.15) is 0 Å². The maximum atomic E-state index is 13.2. The number of nitrogens with one attached hydrogen (secondary N) is 1. The Morgan fingerprint density at radius 2 is 1.89 bits per heavy atom. The third-order valence-corrected chi connectivity index (χ3v) is 6.57. The molecule has 1 aliphatic heterocycles. The second kappa shape index (κ2) is 11.2. The lowest BCUT2D eigenvalue weighted by Gasteiger charge is -2.27. The van der Waals surface area contributed by atoms with Gasteiger partial charge in [-0.15, -0.1) is 0 Å². The van der Waals surface area contributed by atoms with Gasteiger partial charge in [0, 0.05) is 24.3 Å². The van der Waals surface area contributed by atoms with Gasteiger partial charge in [0.25, 0.3) is 5.91 Å². The van der Waals surface area contributed by atoms with E-state index >= 15 is 0 Å². The Hall–Kier alpha value is -4.26. The number of anilines is 2. The zero-order valence-electron chi connectivity index (χ0n) is 21.0. The molecule has 1 atom stereocenters. The van der Waals surface area contributed by atoms with Crippen LogP contribution in [0.2, 0.25) is 0 Å². The van der Waals surface area contributed by atoms with E-state index in [1.54, 1.807) is 6.20 Å². The van der Waals surface area contributed by atoms with Gasteiger partial charge in [-0.1, -0.05) is 25.5 Å². The van der Waals surface area contributed by atoms with Gasteiger partial charge < -0.3 is 15.0 Å². The van der Waals surface area contributed by atoms with Crippen LogP contribution in [0.4, 0.5) is 11.4 Å². The third kappa shape index (κ3) is 5.61. The lowest BCUT2D eigenvalue weighted by atomic mass is 10.1. The van der Waals surface area contributed by atoms with Crippen LogP contribution in [0.15, 0.2) is 85.3 Å². The molecule has 37 heavy (non-hydrogen) atoms. The topological polar surface area (TPSA) is 75.4 Å². The predicted octanol–water partition coefficient (Wildman–Crippen LogP) is 5.21. The number of piperidine rings is 1. The summed E-state index contributed by atoms with van der Waals surface area (Å²) in [5, 5.41) is 4.96. The first-order valence-corrected chi connectivity index (χ1v) is 12.9. The average Bonchev–Trinajstić information content (AvgIpc) is 2.94. The fraction of sp³-hybridized carbons (Fsp3) is 0.267. The zero-order valence-corrected chi connectivity index (χ0v) is 21.0. The molecule has 2 amide bonds. The molecule has 1 fully saturated rings. The van der Waals surface area contributed by atoms with E-state index in [-0.39, 0.29) is 11.8 Å². The number of amides is 2. The molecule has 1 aliphatic rings. The fourth-order valence-electron chi connectivity index (χ4n) is 4.65. The summed E-state index contributed by atoms with van der Waals surface area (Å²) in [6.07, 6.45) is 8.98. The first kappa shape index (κ1) is 24.4. The molecule has 7 nitrogen and oxygen atoms in total. The summed E-state index contributed by atoms with van der Waals surface area (Å²) in [5.74, 6) is 1.37. The van der Waals surface area contributed by atoms with Crippen molar-refractivity contribution in [3.63, 3.8) is 0 Å². The van der Waals surface area contributed by atoms with E-state index in [0.717, 1.165) is 48.1 Å². The van der Waals surface area contributed by atoms with E-state index in [9.17, 15) is 9.59 Å². The molecule has 2 aromatic heterocycles. The molecule has 0 bridgehead atoms. The van der Waals surface area contributed by atoms with Crippen LogP contribution in [0.1, 0.15) is 39.0 Å². The van der Waals surface area contributed by atoms with Crippen molar-refractivity contribution in [3.8, 4) is 11.6 Å². The van der Waals surface area contributed by atoms with Crippen molar-refractivity contribution in [2.45, 2.75) is 45.1 Å². The van der Waals surface area contributed by atoms with Crippen molar-refractivity contribution in [3.05, 3.63) is 85.3 Å². The van der Waals surface area contributed by atoms with E-state index < -0.39 is 6.10 Å². The highest BCUT2D eigenvalue weighted by Crippen LogP contribution is 2.26. The van der Waals surface area contributed by atoms with Crippen molar-refractivity contribution >= 4 is 34.0 Å². The molecule has 0 spiro atoms. The molecule has 7 heteroatoms. The van der Waals surface area contributed by atoms with Crippen molar-refractivity contribution in [1.29, 1.82) is 0 Å². The molecular formula is C30H31N4O3+. The fourth-order valence-corrected chi connectivity index (χ4v) is 4.65. The van der Waals surface area contributed by atoms with Gasteiger partial charge in [-0.3, -0.25) is 9.59 Å². The predicted molar refractivity (Wildman–Crippen MR) is 144 cm³/mol. The van der Waals surface area contributed by atoms with E-state index in [2.05, 4.69) is 10.3 Å². The SMILES string of the molecule is CCCC(Oc1ccc2ccnc(-[n+]3ccccc3)c2c1)C(=O)Nc1ccc(N2CCCCC2=O)cc1. The minimum absolute atomic E-state index is 0.152. The van der Waals surface area contributed by atoms with Crippen molar-refractivity contribution in [2.75, 3.05) is 16.8 Å². The van der Waals surface area contributed by atoms with Crippen molar-refractivity contribution < 1.29 is 18.9 Å². The van der Waals surface area contributed by atoms with Crippen molar-refractivity contribution in [1.82, 2.24) is 4.98 Å². The number of carbonyl (C=O) groups excluding carboxylic acids is 2. The minimum Gasteiger partial charge on any atom is -0.481 e. The maximum absolute atomic E-state index is 13.2. The Kier molecular flexibility index (Phi) is 7.40. The van der Waals surface area contributed by atoms with Crippen LogP contribution in [0.25, 0.3) is 16.6 Å². The lowest BCUT2D eigenvalue weighted by Crippen LogP contribution is -2.35. The molecule has 4 aromatic rings. The number of ether oxygens (including phenoxy) is 1. The number of hydrogen-bond acceptors (Lipinski definition) is 4. The number of aromatic nitrogens is 2.